The zero-order valence-corrected chi connectivity index (χ0v) is 15.8. The lowest BCUT2D eigenvalue weighted by Gasteiger charge is -2.12. The molecule has 0 amide bonds. The van der Waals surface area contributed by atoms with Gasteiger partial charge in [0, 0.05) is 22.6 Å². The van der Waals surface area contributed by atoms with E-state index in [1.807, 2.05) is 55.7 Å². The van der Waals surface area contributed by atoms with Gasteiger partial charge in [-0.1, -0.05) is 12.1 Å². The Morgan fingerprint density at radius 1 is 1.11 bits per heavy atom. The largest absolute Gasteiger partial charge is 0.492 e. The number of Topliss-reactive ketones (excluding diaryl/α,β-unsaturated/α-hetero) is 1. The molecule has 140 valence electrons. The summed E-state index contributed by atoms with van der Waals surface area (Å²) >= 11 is 0. The highest BCUT2D eigenvalue weighted by atomic mass is 19.1. The molecular weight excluding hydrogens is 343 g/mol. The van der Waals surface area contributed by atoms with Gasteiger partial charge in [-0.2, -0.15) is 0 Å². The molecule has 0 aliphatic heterocycles. The minimum atomic E-state index is -0.283. The second-order valence-corrected chi connectivity index (χ2v) is 6.30. The Hall–Kier alpha value is -3.08. The average Bonchev–Trinajstić information content (AvgIpc) is 2.96. The van der Waals surface area contributed by atoms with E-state index in [2.05, 4.69) is 5.32 Å². The molecule has 0 atom stereocenters. The first-order valence-electron chi connectivity index (χ1n) is 8.95. The lowest BCUT2D eigenvalue weighted by Crippen LogP contribution is -2.15. The van der Waals surface area contributed by atoms with E-state index in [9.17, 15) is 9.18 Å². The number of ketones is 1. The van der Waals surface area contributed by atoms with Crippen LogP contribution in [0.25, 0.3) is 5.69 Å². The summed E-state index contributed by atoms with van der Waals surface area (Å²) < 4.78 is 20.7. The minimum absolute atomic E-state index is 0.0113. The standard InChI is InChI=1S/C22H23FN2O2/c1-4-27-22-8-6-5-7-20(22)24-14-21(26)19-13-15(2)25(16(19)3)18-11-9-17(23)10-12-18/h5-13,24H,4,14H2,1-3H3. The van der Waals surface area contributed by atoms with Crippen LogP contribution in [0.3, 0.4) is 0 Å². The molecule has 0 spiro atoms. The van der Waals surface area contributed by atoms with E-state index in [1.54, 1.807) is 12.1 Å². The number of anilines is 1. The number of rotatable bonds is 7. The van der Waals surface area contributed by atoms with Gasteiger partial charge in [-0.3, -0.25) is 4.79 Å². The SMILES string of the molecule is CCOc1ccccc1NCC(=O)c1cc(C)n(-c2ccc(F)cc2)c1C. The van der Waals surface area contributed by atoms with Crippen molar-refractivity contribution in [2.75, 3.05) is 18.5 Å². The smallest absolute Gasteiger partial charge is 0.183 e. The zero-order chi connectivity index (χ0) is 19.4. The number of ether oxygens (including phenoxy) is 1. The number of aryl methyl sites for hydroxylation is 1. The fourth-order valence-electron chi connectivity index (χ4n) is 3.20. The molecule has 5 heteroatoms. The molecule has 0 unspecified atom stereocenters. The number of hydrogen-bond acceptors (Lipinski definition) is 3. The maximum Gasteiger partial charge on any atom is 0.183 e. The first-order chi connectivity index (χ1) is 13.0. The molecule has 3 rings (SSSR count). The number of carbonyl (C=O) groups excluding carboxylic acids is 1. The Bertz CT molecular complexity index is 945. The van der Waals surface area contributed by atoms with Crippen molar-refractivity contribution in [3.8, 4) is 11.4 Å². The highest BCUT2D eigenvalue weighted by Crippen LogP contribution is 2.25. The van der Waals surface area contributed by atoms with Gasteiger partial charge in [0.05, 0.1) is 18.8 Å². The van der Waals surface area contributed by atoms with Crippen LogP contribution < -0.4 is 10.1 Å². The molecule has 2 aromatic carbocycles. The predicted molar refractivity (Wildman–Crippen MR) is 106 cm³/mol. The van der Waals surface area contributed by atoms with Crippen LogP contribution in [0.15, 0.2) is 54.6 Å². The lowest BCUT2D eigenvalue weighted by molar-refractivity contribution is 0.101. The number of nitrogens with zero attached hydrogens (tertiary/aromatic N) is 1. The van der Waals surface area contributed by atoms with Crippen molar-refractivity contribution in [1.29, 1.82) is 0 Å². The van der Waals surface area contributed by atoms with Crippen LogP contribution in [0.5, 0.6) is 5.75 Å². The van der Waals surface area contributed by atoms with Crippen LogP contribution in [-0.2, 0) is 0 Å². The van der Waals surface area contributed by atoms with Crippen molar-refractivity contribution in [2.45, 2.75) is 20.8 Å². The van der Waals surface area contributed by atoms with Gasteiger partial charge in [-0.05, 0) is 63.2 Å². The number of hydrogen-bond donors (Lipinski definition) is 1. The fraction of sp³-hybridized carbons (Fsp3) is 0.227. The minimum Gasteiger partial charge on any atom is -0.492 e. The molecule has 0 radical (unpaired) electrons. The van der Waals surface area contributed by atoms with Gasteiger partial charge < -0.3 is 14.6 Å². The monoisotopic (exact) mass is 366 g/mol. The van der Waals surface area contributed by atoms with Gasteiger partial charge in [0.1, 0.15) is 11.6 Å². The van der Waals surface area contributed by atoms with E-state index < -0.39 is 0 Å². The maximum atomic E-state index is 13.2. The van der Waals surface area contributed by atoms with Crippen molar-refractivity contribution < 1.29 is 13.9 Å². The Morgan fingerprint density at radius 2 is 1.81 bits per heavy atom. The van der Waals surface area contributed by atoms with Crippen molar-refractivity contribution in [3.63, 3.8) is 0 Å². The van der Waals surface area contributed by atoms with Gasteiger partial charge in [-0.15, -0.1) is 0 Å². The van der Waals surface area contributed by atoms with E-state index in [-0.39, 0.29) is 18.1 Å². The van der Waals surface area contributed by atoms with Gasteiger partial charge in [-0.25, -0.2) is 4.39 Å². The van der Waals surface area contributed by atoms with Gasteiger partial charge in [0.15, 0.2) is 5.78 Å². The summed E-state index contributed by atoms with van der Waals surface area (Å²) in [6, 6.07) is 15.7. The Kier molecular flexibility index (Phi) is 5.60. The summed E-state index contributed by atoms with van der Waals surface area (Å²) in [6.07, 6.45) is 0. The molecule has 1 heterocycles. The molecule has 4 nitrogen and oxygen atoms in total. The summed E-state index contributed by atoms with van der Waals surface area (Å²) in [6.45, 7) is 6.48. The molecule has 27 heavy (non-hydrogen) atoms. The molecule has 0 aliphatic carbocycles. The predicted octanol–water partition coefficient (Wildman–Crippen LogP) is 4.93. The maximum absolute atomic E-state index is 13.2. The third-order valence-corrected chi connectivity index (χ3v) is 4.44. The fourth-order valence-corrected chi connectivity index (χ4v) is 3.20. The van der Waals surface area contributed by atoms with E-state index in [0.29, 0.717) is 12.2 Å². The van der Waals surface area contributed by atoms with Crippen molar-refractivity contribution in [3.05, 3.63) is 77.4 Å². The van der Waals surface area contributed by atoms with Crippen molar-refractivity contribution in [2.24, 2.45) is 0 Å². The van der Waals surface area contributed by atoms with E-state index in [4.69, 9.17) is 4.74 Å². The highest BCUT2D eigenvalue weighted by molar-refractivity contribution is 6.00. The van der Waals surface area contributed by atoms with E-state index in [0.717, 1.165) is 28.5 Å². The molecule has 0 saturated carbocycles. The number of nitrogens with one attached hydrogen (secondary N) is 1. The zero-order valence-electron chi connectivity index (χ0n) is 15.8. The number of halogens is 1. The molecule has 1 N–H and O–H groups in total. The van der Waals surface area contributed by atoms with Gasteiger partial charge in [0.25, 0.3) is 0 Å². The Morgan fingerprint density at radius 3 is 2.52 bits per heavy atom. The number of aromatic nitrogens is 1. The number of benzene rings is 2. The van der Waals surface area contributed by atoms with Crippen molar-refractivity contribution in [1.82, 2.24) is 4.57 Å². The second kappa shape index (κ2) is 8.08. The first-order valence-corrected chi connectivity index (χ1v) is 8.95. The Balaban J connectivity index is 1.80. The molecule has 0 fully saturated rings. The molecule has 0 aliphatic rings. The molecule has 3 aromatic rings. The van der Waals surface area contributed by atoms with Crippen LogP contribution in [0.1, 0.15) is 28.7 Å². The Labute approximate surface area is 158 Å². The van der Waals surface area contributed by atoms with Crippen LogP contribution in [0.2, 0.25) is 0 Å². The summed E-state index contributed by atoms with van der Waals surface area (Å²) in [7, 11) is 0. The number of carbonyl (C=O) groups is 1. The lowest BCUT2D eigenvalue weighted by atomic mass is 10.1. The van der Waals surface area contributed by atoms with Crippen LogP contribution in [-0.4, -0.2) is 23.5 Å². The third-order valence-electron chi connectivity index (χ3n) is 4.44. The molecule has 1 aromatic heterocycles. The first kappa shape index (κ1) is 18.7. The van der Waals surface area contributed by atoms with Crippen LogP contribution >= 0.6 is 0 Å². The van der Waals surface area contributed by atoms with Gasteiger partial charge >= 0.3 is 0 Å². The number of para-hydroxylation sites is 2. The van der Waals surface area contributed by atoms with Crippen molar-refractivity contribution >= 4 is 11.5 Å². The average molecular weight is 366 g/mol. The molecule has 0 saturated heterocycles. The molecular formula is C22H23FN2O2. The normalized spacial score (nSPS) is 10.7. The van der Waals surface area contributed by atoms with Gasteiger partial charge in [0.2, 0.25) is 0 Å². The van der Waals surface area contributed by atoms with E-state index >= 15 is 0 Å². The molecule has 0 bridgehead atoms. The highest BCUT2D eigenvalue weighted by Gasteiger charge is 2.17. The summed E-state index contributed by atoms with van der Waals surface area (Å²) in [4.78, 5) is 12.8. The summed E-state index contributed by atoms with van der Waals surface area (Å²) in [5.41, 5.74) is 4.04. The summed E-state index contributed by atoms with van der Waals surface area (Å²) in [5.74, 6) is 0.432. The van der Waals surface area contributed by atoms with Crippen LogP contribution in [0, 0.1) is 19.7 Å². The van der Waals surface area contributed by atoms with Crippen LogP contribution in [0.4, 0.5) is 10.1 Å². The quantitative estimate of drug-likeness (QED) is 0.603. The summed E-state index contributed by atoms with van der Waals surface area (Å²) in [5, 5.41) is 3.17. The van der Waals surface area contributed by atoms with E-state index in [1.165, 1.54) is 12.1 Å². The second-order valence-electron chi connectivity index (χ2n) is 6.30. The topological polar surface area (TPSA) is 43.3 Å². The third kappa shape index (κ3) is 4.03.